The van der Waals surface area contributed by atoms with Crippen LogP contribution in [0.15, 0.2) is 173 Å². The molecule has 318 valence electrons. The highest BCUT2D eigenvalue weighted by atomic mass is 127. The van der Waals surface area contributed by atoms with Crippen molar-refractivity contribution in [2.24, 2.45) is 5.16 Å². The highest BCUT2D eigenvalue weighted by molar-refractivity contribution is 14.1. The lowest BCUT2D eigenvalue weighted by Crippen LogP contribution is -2.71. The van der Waals surface area contributed by atoms with Crippen LogP contribution in [-0.4, -0.2) is 61.1 Å². The normalized spacial score (nSPS) is 17.8. The second-order valence-corrected chi connectivity index (χ2v) is 18.2. The molecule has 2 atom stereocenters. The molecule has 1 aliphatic carbocycles. The summed E-state index contributed by atoms with van der Waals surface area (Å²) in [5.41, 5.74) is 5.11. The topological polar surface area (TPSA) is 122 Å². The van der Waals surface area contributed by atoms with Gasteiger partial charge in [0.2, 0.25) is 0 Å². The summed E-state index contributed by atoms with van der Waals surface area (Å²) in [4.78, 5) is 55.4. The van der Waals surface area contributed by atoms with Crippen molar-refractivity contribution in [3.8, 4) is 0 Å². The molecule has 3 aliphatic rings. The van der Waals surface area contributed by atoms with Crippen molar-refractivity contribution < 1.29 is 24.0 Å². The van der Waals surface area contributed by atoms with Gasteiger partial charge in [-0.1, -0.05) is 179 Å². The van der Waals surface area contributed by atoms with E-state index in [9.17, 15) is 14.4 Å². The zero-order chi connectivity index (χ0) is 43.2. The zero-order valence-electron chi connectivity index (χ0n) is 34.1. The molecule has 2 N–H and O–H groups in total. The van der Waals surface area contributed by atoms with Crippen LogP contribution in [-0.2, 0) is 29.5 Å². The largest absolute Gasteiger partial charge is 0.448 e. The van der Waals surface area contributed by atoms with Crippen molar-refractivity contribution in [1.82, 2.24) is 15.2 Å². The van der Waals surface area contributed by atoms with Crippen LogP contribution in [0.25, 0.3) is 0 Å². The molecule has 0 radical (unpaired) electrons. The number of β-lactam (4-membered cyclic amide) rings is 1. The standard InChI is InChI=1S/C50H44IN5O5S2/c51-30-35-31-62-47-42(46(58)56(47)43(35)48(59)60-44(33-18-6-1-7-19-33)34-20-8-2-9-21-34)53-45(57)41(55-61-39-28-16-17-29-39)40-32-63-49(52-40)54-50(36-22-10-3-11-23-36,37-24-12-4-13-25-37)38-26-14-5-15-27-38/h1-15,18-27,32,39,42,44,47H,16-17,28-31H2,(H,52,54)(H,53,57)/b55-41-/t42?,47-/m0/s1. The van der Waals surface area contributed by atoms with E-state index in [1.807, 2.05) is 115 Å². The van der Waals surface area contributed by atoms with E-state index < -0.39 is 40.8 Å². The van der Waals surface area contributed by atoms with Crippen molar-refractivity contribution >= 4 is 74.3 Å². The van der Waals surface area contributed by atoms with Gasteiger partial charge in [-0.3, -0.25) is 14.5 Å². The number of esters is 1. The van der Waals surface area contributed by atoms with Crippen LogP contribution in [0, 0.1) is 0 Å². The number of carbonyl (C=O) groups excluding carboxylic acids is 3. The number of thiazole rings is 1. The molecule has 9 rings (SSSR count). The number of rotatable bonds is 15. The maximum absolute atomic E-state index is 14.5. The molecule has 1 saturated carbocycles. The molecule has 1 unspecified atom stereocenters. The van der Waals surface area contributed by atoms with Gasteiger partial charge >= 0.3 is 5.97 Å². The lowest BCUT2D eigenvalue weighted by Gasteiger charge is -2.49. The number of alkyl halides is 1. The molecule has 1 aromatic heterocycles. The van der Waals surface area contributed by atoms with Gasteiger partial charge in [0.15, 0.2) is 16.9 Å². The third kappa shape index (κ3) is 8.78. The van der Waals surface area contributed by atoms with Gasteiger partial charge in [0, 0.05) is 15.6 Å². The first kappa shape index (κ1) is 42.5. The number of anilines is 1. The van der Waals surface area contributed by atoms with Crippen LogP contribution < -0.4 is 10.6 Å². The van der Waals surface area contributed by atoms with Gasteiger partial charge in [0.05, 0.1) is 0 Å². The molecular formula is C50H44IN5O5S2. The number of nitrogens with one attached hydrogen (secondary N) is 2. The Balaban J connectivity index is 0.989. The zero-order valence-corrected chi connectivity index (χ0v) is 37.9. The van der Waals surface area contributed by atoms with E-state index in [-0.39, 0.29) is 17.5 Å². The molecule has 3 heterocycles. The van der Waals surface area contributed by atoms with Crippen molar-refractivity contribution in [3.63, 3.8) is 0 Å². The predicted molar refractivity (Wildman–Crippen MR) is 257 cm³/mol. The molecule has 2 amide bonds. The minimum Gasteiger partial charge on any atom is -0.448 e. The maximum Gasteiger partial charge on any atom is 0.356 e. The number of nitrogens with zero attached hydrogens (tertiary/aromatic N) is 3. The summed E-state index contributed by atoms with van der Waals surface area (Å²) >= 11 is 5.07. The monoisotopic (exact) mass is 985 g/mol. The summed E-state index contributed by atoms with van der Waals surface area (Å²) in [6.07, 6.45) is 2.91. The van der Waals surface area contributed by atoms with Gasteiger partial charge < -0.3 is 20.2 Å². The molecule has 13 heteroatoms. The number of hydrogen-bond acceptors (Lipinski definition) is 10. The number of hydrogen-bond donors (Lipinski definition) is 2. The molecule has 5 aromatic carbocycles. The van der Waals surface area contributed by atoms with Crippen molar-refractivity contribution in [2.75, 3.05) is 15.5 Å². The summed E-state index contributed by atoms with van der Waals surface area (Å²) in [6.45, 7) is 0. The number of amides is 2. The summed E-state index contributed by atoms with van der Waals surface area (Å²) in [6, 6.07) is 48.8. The van der Waals surface area contributed by atoms with E-state index in [0.717, 1.165) is 59.1 Å². The van der Waals surface area contributed by atoms with E-state index in [4.69, 9.17) is 14.6 Å². The SMILES string of the molecule is O=C(OC(c1ccccc1)c1ccccc1)C1=C(CI)CS[C@H]2C(NC(=O)/C(=N\OC3CCCC3)c3csc(NC(c4ccccc4)(c4ccccc4)c4ccccc4)n3)C(=O)N12. The Kier molecular flexibility index (Phi) is 13.0. The summed E-state index contributed by atoms with van der Waals surface area (Å²) in [5, 5.41) is 13.0. The first-order valence-corrected chi connectivity index (χ1v) is 24.4. The van der Waals surface area contributed by atoms with E-state index >= 15 is 0 Å². The number of ether oxygens (including phenoxy) is 1. The molecule has 2 aliphatic heterocycles. The fourth-order valence-electron chi connectivity index (χ4n) is 8.44. The lowest BCUT2D eigenvalue weighted by atomic mass is 9.77. The van der Waals surface area contributed by atoms with Gasteiger partial charge in [-0.05, 0) is 59.1 Å². The van der Waals surface area contributed by atoms with Gasteiger partial charge in [-0.25, -0.2) is 9.78 Å². The van der Waals surface area contributed by atoms with E-state index in [2.05, 4.69) is 74.8 Å². The fraction of sp³-hybridized carbons (Fsp3) is 0.220. The average molecular weight is 986 g/mol. The van der Waals surface area contributed by atoms with Crippen molar-refractivity contribution in [2.45, 2.75) is 54.8 Å². The Hall–Kier alpha value is -5.77. The molecule has 0 bridgehead atoms. The molecular weight excluding hydrogens is 942 g/mol. The molecule has 1 saturated heterocycles. The third-order valence-corrected chi connectivity index (χ3v) is 14.6. The van der Waals surface area contributed by atoms with E-state index in [0.29, 0.717) is 21.0 Å². The second kappa shape index (κ2) is 19.3. The summed E-state index contributed by atoms with van der Waals surface area (Å²) < 4.78 is 6.80. The average Bonchev–Trinajstić information content (AvgIpc) is 4.05. The Morgan fingerprint density at radius 3 is 1.84 bits per heavy atom. The molecule has 6 aromatic rings. The van der Waals surface area contributed by atoms with Gasteiger partial charge in [-0.2, -0.15) is 0 Å². The minimum atomic E-state index is -0.921. The minimum absolute atomic E-state index is 0.0281. The van der Waals surface area contributed by atoms with Gasteiger partial charge in [0.1, 0.15) is 34.4 Å². The Labute approximate surface area is 388 Å². The summed E-state index contributed by atoms with van der Waals surface area (Å²) in [5.74, 6) is -1.09. The number of benzene rings is 5. The summed E-state index contributed by atoms with van der Waals surface area (Å²) in [7, 11) is 0. The first-order chi connectivity index (χ1) is 30.9. The molecule has 0 spiro atoms. The highest BCUT2D eigenvalue weighted by Gasteiger charge is 2.55. The van der Waals surface area contributed by atoms with Crippen LogP contribution in [0.3, 0.4) is 0 Å². The lowest BCUT2D eigenvalue weighted by molar-refractivity contribution is -0.154. The number of carbonyl (C=O) groups is 3. The third-order valence-electron chi connectivity index (χ3n) is 11.6. The van der Waals surface area contributed by atoms with Crippen molar-refractivity contribution in [1.29, 1.82) is 0 Å². The van der Waals surface area contributed by atoms with Crippen LogP contribution >= 0.6 is 45.7 Å². The van der Waals surface area contributed by atoms with Crippen LogP contribution in [0.2, 0.25) is 0 Å². The van der Waals surface area contributed by atoms with Crippen molar-refractivity contribution in [3.05, 3.63) is 202 Å². The molecule has 10 nitrogen and oxygen atoms in total. The number of fused-ring (bicyclic) bond motifs is 1. The first-order valence-electron chi connectivity index (χ1n) is 20.9. The number of oxime groups is 1. The maximum atomic E-state index is 14.5. The Morgan fingerprint density at radius 2 is 1.32 bits per heavy atom. The van der Waals surface area contributed by atoms with E-state index in [1.165, 1.54) is 28.0 Å². The molecule has 2 fully saturated rings. The van der Waals surface area contributed by atoms with Crippen LogP contribution in [0.4, 0.5) is 5.13 Å². The second-order valence-electron chi connectivity index (χ2n) is 15.5. The van der Waals surface area contributed by atoms with Crippen LogP contribution in [0.1, 0.15) is 65.3 Å². The predicted octanol–water partition coefficient (Wildman–Crippen LogP) is 9.63. The van der Waals surface area contributed by atoms with Gasteiger partial charge in [-0.15, -0.1) is 23.1 Å². The number of thioether (sulfide) groups is 1. The Bertz CT molecular complexity index is 2470. The Morgan fingerprint density at radius 1 is 0.794 bits per heavy atom. The fourth-order valence-corrected chi connectivity index (χ4v) is 11.5. The van der Waals surface area contributed by atoms with Gasteiger partial charge in [0.25, 0.3) is 11.8 Å². The van der Waals surface area contributed by atoms with E-state index in [1.54, 1.807) is 5.38 Å². The number of aromatic nitrogens is 1. The quantitative estimate of drug-likeness (QED) is 0.0199. The van der Waals surface area contributed by atoms with Crippen LogP contribution in [0.5, 0.6) is 0 Å². The smallest absolute Gasteiger partial charge is 0.356 e. The number of halogens is 1. The highest BCUT2D eigenvalue weighted by Crippen LogP contribution is 2.43. The molecule has 63 heavy (non-hydrogen) atoms.